The van der Waals surface area contributed by atoms with Crippen LogP contribution < -0.4 is 4.90 Å². The number of hydrogen-bond donors (Lipinski definition) is 0. The Hall–Kier alpha value is -1.01. The van der Waals surface area contributed by atoms with Gasteiger partial charge in [0.05, 0.1) is 12.0 Å². The zero-order valence-corrected chi connectivity index (χ0v) is 12.1. The van der Waals surface area contributed by atoms with Crippen molar-refractivity contribution in [1.29, 1.82) is 5.26 Å². The highest BCUT2D eigenvalue weighted by molar-refractivity contribution is 9.10. The highest BCUT2D eigenvalue weighted by Crippen LogP contribution is 2.37. The van der Waals surface area contributed by atoms with Crippen LogP contribution in [0.25, 0.3) is 0 Å². The summed E-state index contributed by atoms with van der Waals surface area (Å²) in [4.78, 5) is 2.34. The smallest absolute Gasteiger partial charge is 0.0675 e. The van der Waals surface area contributed by atoms with E-state index >= 15 is 0 Å². The first kappa shape index (κ1) is 12.4. The van der Waals surface area contributed by atoms with Crippen LogP contribution in [-0.4, -0.2) is 12.1 Å². The van der Waals surface area contributed by atoms with Crippen LogP contribution in [0, 0.1) is 24.2 Å². The summed E-state index contributed by atoms with van der Waals surface area (Å²) in [5.41, 5.74) is 2.50. The average Bonchev–Trinajstić information content (AvgIpc) is 2.58. The normalized spacial score (nSPS) is 22.5. The highest BCUT2D eigenvalue weighted by atomic mass is 79.9. The third-order valence-electron chi connectivity index (χ3n) is 3.53. The number of nitriles is 1. The molecule has 1 unspecified atom stereocenters. The van der Waals surface area contributed by atoms with Crippen molar-refractivity contribution in [3.05, 3.63) is 28.2 Å². The van der Waals surface area contributed by atoms with Crippen molar-refractivity contribution in [1.82, 2.24) is 0 Å². The molecule has 0 radical (unpaired) electrons. The lowest BCUT2D eigenvalue weighted by atomic mass is 9.97. The van der Waals surface area contributed by atoms with E-state index in [4.69, 9.17) is 5.26 Å². The Labute approximate surface area is 111 Å². The molecule has 2 rings (SSSR count). The first-order valence-electron chi connectivity index (χ1n) is 5.87. The Morgan fingerprint density at radius 3 is 2.71 bits per heavy atom. The van der Waals surface area contributed by atoms with E-state index in [1.807, 2.05) is 0 Å². The molecule has 1 saturated heterocycles. The molecule has 90 valence electrons. The zero-order valence-electron chi connectivity index (χ0n) is 10.5. The minimum absolute atomic E-state index is 0.0646. The van der Waals surface area contributed by atoms with Crippen LogP contribution in [-0.2, 0) is 0 Å². The lowest BCUT2D eigenvalue weighted by Crippen LogP contribution is -2.38. The van der Waals surface area contributed by atoms with Gasteiger partial charge in [-0.2, -0.15) is 5.26 Å². The summed E-state index contributed by atoms with van der Waals surface area (Å²) in [6.45, 7) is 7.33. The van der Waals surface area contributed by atoms with Crippen molar-refractivity contribution >= 4 is 21.6 Å². The summed E-state index contributed by atoms with van der Waals surface area (Å²) < 4.78 is 1.13. The van der Waals surface area contributed by atoms with Crippen LogP contribution in [0.5, 0.6) is 0 Å². The predicted molar refractivity (Wildman–Crippen MR) is 74.0 cm³/mol. The lowest BCUT2D eigenvalue weighted by Gasteiger charge is -2.33. The maximum atomic E-state index is 9.08. The molecule has 0 spiro atoms. The molecule has 17 heavy (non-hydrogen) atoms. The molecule has 1 heterocycles. The standard InChI is InChI=1S/C14H17BrN2/c1-10-4-5-12(6-13(10)15)17-9-11(8-16)7-14(17,2)3/h4-6,11H,7,9H2,1-3H3. The van der Waals surface area contributed by atoms with E-state index in [9.17, 15) is 0 Å². The van der Waals surface area contributed by atoms with Gasteiger partial charge in [-0.1, -0.05) is 22.0 Å². The fourth-order valence-electron chi connectivity index (χ4n) is 2.54. The molecule has 1 aromatic rings. The Morgan fingerprint density at radius 1 is 1.47 bits per heavy atom. The van der Waals surface area contributed by atoms with Crippen LogP contribution in [0.1, 0.15) is 25.8 Å². The predicted octanol–water partition coefficient (Wildman–Crippen LogP) is 3.89. The molecule has 0 N–H and O–H groups in total. The number of hydrogen-bond acceptors (Lipinski definition) is 2. The van der Waals surface area contributed by atoms with Gasteiger partial charge in [-0.15, -0.1) is 0 Å². The molecule has 0 aliphatic carbocycles. The molecule has 0 saturated carbocycles. The average molecular weight is 293 g/mol. The van der Waals surface area contributed by atoms with Crippen molar-refractivity contribution < 1.29 is 0 Å². The van der Waals surface area contributed by atoms with Crippen LogP contribution in [0.2, 0.25) is 0 Å². The molecule has 2 nitrogen and oxygen atoms in total. The number of anilines is 1. The lowest BCUT2D eigenvalue weighted by molar-refractivity contribution is 0.503. The Morgan fingerprint density at radius 2 is 2.18 bits per heavy atom. The quantitative estimate of drug-likeness (QED) is 0.785. The van der Waals surface area contributed by atoms with Crippen molar-refractivity contribution in [2.45, 2.75) is 32.7 Å². The molecule has 1 aliphatic heterocycles. The van der Waals surface area contributed by atoms with E-state index in [-0.39, 0.29) is 11.5 Å². The van der Waals surface area contributed by atoms with Crippen LogP contribution >= 0.6 is 15.9 Å². The van der Waals surface area contributed by atoms with Gasteiger partial charge in [-0.3, -0.25) is 0 Å². The first-order valence-corrected chi connectivity index (χ1v) is 6.67. The number of nitrogens with zero attached hydrogens (tertiary/aromatic N) is 2. The number of rotatable bonds is 1. The number of aryl methyl sites for hydroxylation is 1. The second kappa shape index (κ2) is 4.34. The van der Waals surface area contributed by atoms with Crippen molar-refractivity contribution in [3.8, 4) is 6.07 Å². The fraction of sp³-hybridized carbons (Fsp3) is 0.500. The summed E-state index contributed by atoms with van der Waals surface area (Å²) in [5.74, 6) is 0.144. The minimum atomic E-state index is 0.0646. The highest BCUT2D eigenvalue weighted by Gasteiger charge is 2.38. The molecule has 1 aromatic carbocycles. The van der Waals surface area contributed by atoms with Gasteiger partial charge < -0.3 is 4.90 Å². The van der Waals surface area contributed by atoms with Gasteiger partial charge in [0.15, 0.2) is 0 Å². The molecule has 0 bridgehead atoms. The van der Waals surface area contributed by atoms with Gasteiger partial charge in [-0.05, 0) is 44.9 Å². The minimum Gasteiger partial charge on any atom is -0.365 e. The molecule has 0 aromatic heterocycles. The first-order chi connectivity index (χ1) is 7.94. The van der Waals surface area contributed by atoms with E-state index < -0.39 is 0 Å². The summed E-state index contributed by atoms with van der Waals surface area (Å²) in [7, 11) is 0. The largest absolute Gasteiger partial charge is 0.365 e. The van der Waals surface area contributed by atoms with Crippen LogP contribution in [0.4, 0.5) is 5.69 Å². The van der Waals surface area contributed by atoms with Crippen molar-refractivity contribution in [2.24, 2.45) is 5.92 Å². The van der Waals surface area contributed by atoms with E-state index in [1.165, 1.54) is 11.3 Å². The summed E-state index contributed by atoms with van der Waals surface area (Å²) in [6.07, 6.45) is 0.939. The molecular weight excluding hydrogens is 276 g/mol. The third kappa shape index (κ3) is 2.32. The Kier molecular flexibility index (Phi) is 3.18. The number of halogens is 1. The third-order valence-corrected chi connectivity index (χ3v) is 4.38. The van der Waals surface area contributed by atoms with E-state index in [2.05, 4.69) is 65.9 Å². The molecule has 1 atom stereocenters. The molecule has 3 heteroatoms. The van der Waals surface area contributed by atoms with Gasteiger partial charge in [0.25, 0.3) is 0 Å². The summed E-state index contributed by atoms with van der Waals surface area (Å²) in [6, 6.07) is 8.80. The fourth-order valence-corrected chi connectivity index (χ4v) is 2.90. The van der Waals surface area contributed by atoms with Gasteiger partial charge in [0.1, 0.15) is 0 Å². The van der Waals surface area contributed by atoms with E-state index in [0.29, 0.717) is 0 Å². The van der Waals surface area contributed by atoms with E-state index in [1.54, 1.807) is 0 Å². The summed E-state index contributed by atoms with van der Waals surface area (Å²) in [5, 5.41) is 9.08. The van der Waals surface area contributed by atoms with Gasteiger partial charge in [-0.25, -0.2) is 0 Å². The Bertz CT molecular complexity index is 474. The number of benzene rings is 1. The zero-order chi connectivity index (χ0) is 12.6. The van der Waals surface area contributed by atoms with Crippen LogP contribution in [0.15, 0.2) is 22.7 Å². The molecular formula is C14H17BrN2. The summed E-state index contributed by atoms with van der Waals surface area (Å²) >= 11 is 3.57. The topological polar surface area (TPSA) is 27.0 Å². The monoisotopic (exact) mass is 292 g/mol. The van der Waals surface area contributed by atoms with Crippen molar-refractivity contribution in [2.75, 3.05) is 11.4 Å². The SMILES string of the molecule is Cc1ccc(N2CC(C#N)CC2(C)C)cc1Br. The Balaban J connectivity index is 2.34. The maximum Gasteiger partial charge on any atom is 0.0675 e. The van der Waals surface area contributed by atoms with Gasteiger partial charge >= 0.3 is 0 Å². The van der Waals surface area contributed by atoms with Crippen LogP contribution in [0.3, 0.4) is 0 Å². The van der Waals surface area contributed by atoms with Gasteiger partial charge in [0.2, 0.25) is 0 Å². The molecule has 1 aliphatic rings. The molecule has 0 amide bonds. The second-order valence-corrected chi connectivity index (χ2v) is 6.24. The second-order valence-electron chi connectivity index (χ2n) is 5.39. The van der Waals surface area contributed by atoms with Crippen molar-refractivity contribution in [3.63, 3.8) is 0 Å². The molecule has 1 fully saturated rings. The van der Waals surface area contributed by atoms with E-state index in [0.717, 1.165) is 17.4 Å². The van der Waals surface area contributed by atoms with Gasteiger partial charge in [0, 0.05) is 22.2 Å². The maximum absolute atomic E-state index is 9.08.